The molecule has 1 aliphatic rings. The first-order valence-corrected chi connectivity index (χ1v) is 6.67. The summed E-state index contributed by atoms with van der Waals surface area (Å²) in [6.45, 7) is 7.85. The van der Waals surface area contributed by atoms with Gasteiger partial charge in [-0.2, -0.15) is 0 Å². The molecule has 0 aliphatic carbocycles. The van der Waals surface area contributed by atoms with E-state index in [2.05, 4.69) is 31.0 Å². The minimum Gasteiger partial charge on any atom is -0.481 e. The molecular formula is C13H24N2O3. The lowest BCUT2D eigenvalue weighted by Gasteiger charge is -2.34. The zero-order valence-corrected chi connectivity index (χ0v) is 11.5. The van der Waals surface area contributed by atoms with Crippen LogP contribution in [0.4, 0.5) is 0 Å². The summed E-state index contributed by atoms with van der Waals surface area (Å²) in [7, 11) is 0. The molecule has 1 heterocycles. The molecule has 2 unspecified atom stereocenters. The van der Waals surface area contributed by atoms with Gasteiger partial charge < -0.3 is 10.4 Å². The van der Waals surface area contributed by atoms with E-state index in [0.717, 1.165) is 13.0 Å². The molecule has 1 rings (SSSR count). The van der Waals surface area contributed by atoms with Crippen LogP contribution in [0.25, 0.3) is 0 Å². The van der Waals surface area contributed by atoms with Gasteiger partial charge in [0.1, 0.15) is 0 Å². The van der Waals surface area contributed by atoms with Crippen LogP contribution in [-0.2, 0) is 9.59 Å². The second-order valence-corrected chi connectivity index (χ2v) is 5.47. The average molecular weight is 256 g/mol. The quantitative estimate of drug-likeness (QED) is 0.772. The Hall–Kier alpha value is -1.10. The Kier molecular flexibility index (Phi) is 5.59. The summed E-state index contributed by atoms with van der Waals surface area (Å²) in [5.41, 5.74) is 0. The molecule has 5 nitrogen and oxygen atoms in total. The molecule has 18 heavy (non-hydrogen) atoms. The van der Waals surface area contributed by atoms with Crippen molar-refractivity contribution in [2.45, 2.75) is 52.1 Å². The molecule has 0 saturated carbocycles. The van der Waals surface area contributed by atoms with Crippen molar-refractivity contribution in [3.05, 3.63) is 0 Å². The van der Waals surface area contributed by atoms with Gasteiger partial charge in [0.2, 0.25) is 5.91 Å². The number of nitrogens with one attached hydrogen (secondary N) is 1. The zero-order chi connectivity index (χ0) is 13.7. The Morgan fingerprint density at radius 3 is 2.78 bits per heavy atom. The molecule has 0 aromatic heterocycles. The molecular weight excluding hydrogens is 232 g/mol. The van der Waals surface area contributed by atoms with Crippen molar-refractivity contribution in [1.82, 2.24) is 10.2 Å². The summed E-state index contributed by atoms with van der Waals surface area (Å²) >= 11 is 0. The Morgan fingerprint density at radius 2 is 2.22 bits per heavy atom. The molecule has 5 heteroatoms. The predicted octanol–water partition coefficient (Wildman–Crippen LogP) is 1.09. The van der Waals surface area contributed by atoms with E-state index in [4.69, 9.17) is 5.11 Å². The maximum atomic E-state index is 12.0. The van der Waals surface area contributed by atoms with E-state index < -0.39 is 5.97 Å². The lowest BCUT2D eigenvalue weighted by Crippen LogP contribution is -2.48. The van der Waals surface area contributed by atoms with Gasteiger partial charge in [0.15, 0.2) is 0 Å². The predicted molar refractivity (Wildman–Crippen MR) is 69.3 cm³/mol. The number of carboxylic acid groups (broad SMARTS) is 1. The summed E-state index contributed by atoms with van der Waals surface area (Å²) < 4.78 is 0. The van der Waals surface area contributed by atoms with Crippen LogP contribution in [0.5, 0.6) is 0 Å². The van der Waals surface area contributed by atoms with Gasteiger partial charge in [0.05, 0.1) is 6.04 Å². The number of aliphatic carboxylic acids is 1. The Balaban J connectivity index is 2.78. The number of nitrogens with zero attached hydrogens (tertiary/aromatic N) is 1. The lowest BCUT2D eigenvalue weighted by molar-refractivity contribution is -0.137. The summed E-state index contributed by atoms with van der Waals surface area (Å²) in [5.74, 6) is -0.406. The van der Waals surface area contributed by atoms with Gasteiger partial charge in [-0.15, -0.1) is 0 Å². The van der Waals surface area contributed by atoms with Crippen molar-refractivity contribution >= 4 is 11.9 Å². The summed E-state index contributed by atoms with van der Waals surface area (Å²) in [5, 5.41) is 11.7. The normalized spacial score (nSPS) is 25.9. The fourth-order valence-corrected chi connectivity index (χ4v) is 2.43. The molecule has 0 spiro atoms. The monoisotopic (exact) mass is 256 g/mol. The van der Waals surface area contributed by atoms with Crippen LogP contribution in [-0.4, -0.2) is 47.1 Å². The molecule has 2 atom stereocenters. The number of rotatable bonds is 5. The first-order chi connectivity index (χ1) is 8.41. The van der Waals surface area contributed by atoms with E-state index in [0.29, 0.717) is 24.9 Å². The van der Waals surface area contributed by atoms with E-state index in [1.54, 1.807) is 0 Å². The molecule has 0 aromatic rings. The van der Waals surface area contributed by atoms with Gasteiger partial charge in [0, 0.05) is 25.6 Å². The van der Waals surface area contributed by atoms with Crippen LogP contribution in [0, 0.1) is 5.92 Å². The zero-order valence-electron chi connectivity index (χ0n) is 11.5. The summed E-state index contributed by atoms with van der Waals surface area (Å²) in [6.07, 6.45) is 1.35. The van der Waals surface area contributed by atoms with Crippen molar-refractivity contribution in [1.29, 1.82) is 0 Å². The van der Waals surface area contributed by atoms with Crippen LogP contribution in [0.1, 0.15) is 40.0 Å². The molecule has 1 amide bonds. The Bertz CT molecular complexity index is 305. The maximum Gasteiger partial charge on any atom is 0.303 e. The second-order valence-electron chi connectivity index (χ2n) is 5.47. The van der Waals surface area contributed by atoms with Crippen LogP contribution in [0.3, 0.4) is 0 Å². The van der Waals surface area contributed by atoms with Gasteiger partial charge in [-0.3, -0.25) is 14.5 Å². The minimum absolute atomic E-state index is 0.0266. The molecule has 0 aromatic carbocycles. The smallest absolute Gasteiger partial charge is 0.303 e. The minimum atomic E-state index is -0.843. The Labute approximate surface area is 109 Å². The van der Waals surface area contributed by atoms with E-state index in [1.807, 2.05) is 0 Å². The third kappa shape index (κ3) is 4.29. The third-order valence-corrected chi connectivity index (χ3v) is 3.34. The van der Waals surface area contributed by atoms with Crippen molar-refractivity contribution in [2.75, 3.05) is 13.1 Å². The third-order valence-electron chi connectivity index (χ3n) is 3.34. The van der Waals surface area contributed by atoms with E-state index in [9.17, 15) is 9.59 Å². The first kappa shape index (κ1) is 15.0. The van der Waals surface area contributed by atoms with Crippen LogP contribution in [0.2, 0.25) is 0 Å². The molecule has 1 saturated heterocycles. The average Bonchev–Trinajstić information content (AvgIpc) is 2.37. The highest BCUT2D eigenvalue weighted by atomic mass is 16.4. The van der Waals surface area contributed by atoms with Crippen LogP contribution in [0.15, 0.2) is 0 Å². The topological polar surface area (TPSA) is 69.6 Å². The van der Waals surface area contributed by atoms with E-state index >= 15 is 0 Å². The van der Waals surface area contributed by atoms with Crippen LogP contribution >= 0.6 is 0 Å². The number of hydrogen-bond donors (Lipinski definition) is 2. The van der Waals surface area contributed by atoms with Crippen molar-refractivity contribution in [3.8, 4) is 0 Å². The first-order valence-electron chi connectivity index (χ1n) is 6.67. The standard InChI is InChI=1S/C13H24N2O3/c1-9(2)8-15-10(3)6-7-14-13(18)11(15)4-5-12(16)17/h9-11H,4-8H2,1-3H3,(H,14,18)(H,16,17). The van der Waals surface area contributed by atoms with Gasteiger partial charge in [-0.1, -0.05) is 13.8 Å². The number of hydrogen-bond acceptors (Lipinski definition) is 3. The van der Waals surface area contributed by atoms with E-state index in [1.165, 1.54) is 0 Å². The van der Waals surface area contributed by atoms with Gasteiger partial charge in [-0.05, 0) is 25.7 Å². The molecule has 1 aliphatic heterocycles. The van der Waals surface area contributed by atoms with Crippen molar-refractivity contribution < 1.29 is 14.7 Å². The number of carboxylic acids is 1. The molecule has 0 radical (unpaired) electrons. The van der Waals surface area contributed by atoms with Gasteiger partial charge in [0.25, 0.3) is 0 Å². The van der Waals surface area contributed by atoms with E-state index in [-0.39, 0.29) is 18.4 Å². The molecule has 0 bridgehead atoms. The fraction of sp³-hybridized carbons (Fsp3) is 0.846. The number of amides is 1. The van der Waals surface area contributed by atoms with Crippen molar-refractivity contribution in [3.63, 3.8) is 0 Å². The highest BCUT2D eigenvalue weighted by Gasteiger charge is 2.32. The second kappa shape index (κ2) is 6.73. The van der Waals surface area contributed by atoms with Gasteiger partial charge >= 0.3 is 5.97 Å². The Morgan fingerprint density at radius 1 is 1.56 bits per heavy atom. The lowest BCUT2D eigenvalue weighted by atomic mass is 10.0. The van der Waals surface area contributed by atoms with Crippen molar-refractivity contribution in [2.24, 2.45) is 5.92 Å². The van der Waals surface area contributed by atoms with Crippen LogP contribution < -0.4 is 5.32 Å². The number of carbonyl (C=O) groups is 2. The summed E-state index contributed by atoms with van der Waals surface area (Å²) in [4.78, 5) is 24.9. The maximum absolute atomic E-state index is 12.0. The SMILES string of the molecule is CC(C)CN1C(C)CCNC(=O)C1CCC(=O)O. The molecule has 1 fully saturated rings. The highest BCUT2D eigenvalue weighted by Crippen LogP contribution is 2.18. The van der Waals surface area contributed by atoms with Gasteiger partial charge in [-0.25, -0.2) is 0 Å². The fourth-order valence-electron chi connectivity index (χ4n) is 2.43. The number of carbonyl (C=O) groups excluding carboxylic acids is 1. The molecule has 2 N–H and O–H groups in total. The largest absolute Gasteiger partial charge is 0.481 e. The molecule has 104 valence electrons. The highest BCUT2D eigenvalue weighted by molar-refractivity contribution is 5.82. The summed E-state index contributed by atoms with van der Waals surface area (Å²) in [6, 6.07) is 0.00569.